The van der Waals surface area contributed by atoms with E-state index < -0.39 is 16.1 Å². The zero-order valence-electron chi connectivity index (χ0n) is 16.0. The topological polar surface area (TPSA) is 114 Å². The van der Waals surface area contributed by atoms with Crippen LogP contribution in [0.25, 0.3) is 0 Å². The first-order chi connectivity index (χ1) is 12.9. The van der Waals surface area contributed by atoms with E-state index in [0.717, 1.165) is 11.1 Å². The largest absolute Gasteiger partial charge is 0.383 e. The molecule has 1 aromatic carbocycles. The molecule has 0 aliphatic rings. The van der Waals surface area contributed by atoms with E-state index in [0.29, 0.717) is 6.61 Å². The van der Waals surface area contributed by atoms with E-state index in [1.807, 2.05) is 0 Å². The number of carbonyl (C=O) groups is 1. The van der Waals surface area contributed by atoms with Crippen molar-refractivity contribution < 1.29 is 17.9 Å². The Morgan fingerprint density at radius 1 is 1.29 bits per heavy atom. The summed E-state index contributed by atoms with van der Waals surface area (Å²) in [4.78, 5) is 12.6. The number of carbonyl (C=O) groups excluding carboxylic acids is 1. The van der Waals surface area contributed by atoms with Gasteiger partial charge in [-0.2, -0.15) is 5.10 Å². The van der Waals surface area contributed by atoms with Crippen molar-refractivity contribution in [3.63, 3.8) is 0 Å². The van der Waals surface area contributed by atoms with Gasteiger partial charge in [-0.3, -0.25) is 9.48 Å². The minimum atomic E-state index is -3.57. The van der Waals surface area contributed by atoms with Gasteiger partial charge in [-0.05, 0) is 24.7 Å². The third-order valence-electron chi connectivity index (χ3n) is 3.91. The van der Waals surface area contributed by atoms with Crippen molar-refractivity contribution in [1.82, 2.24) is 25.1 Å². The number of aromatic nitrogens is 2. The maximum Gasteiger partial charge on any atom is 0.242 e. The predicted molar refractivity (Wildman–Crippen MR) is 108 cm³/mol. The number of amides is 1. The molecule has 0 aliphatic carbocycles. The van der Waals surface area contributed by atoms with E-state index in [1.54, 1.807) is 43.3 Å². The van der Waals surface area contributed by atoms with Gasteiger partial charge in [-0.15, -0.1) is 12.4 Å². The SMILES string of the molecule is CNC(C(=O)NCc1ccc(S(=O)(=O)NCCOC)cc1)c1cnn(C)c1.Cl. The first-order valence-electron chi connectivity index (χ1n) is 8.38. The van der Waals surface area contributed by atoms with Crippen LogP contribution in [0.3, 0.4) is 0 Å². The molecule has 0 bridgehead atoms. The number of likely N-dealkylation sites (N-methyl/N-ethyl adjacent to an activating group) is 1. The first-order valence-corrected chi connectivity index (χ1v) is 9.86. The van der Waals surface area contributed by atoms with E-state index in [-0.39, 0.29) is 36.3 Å². The Labute approximate surface area is 171 Å². The predicted octanol–water partition coefficient (Wildman–Crippen LogP) is 0.344. The smallest absolute Gasteiger partial charge is 0.242 e. The van der Waals surface area contributed by atoms with Crippen LogP contribution in [-0.2, 0) is 33.1 Å². The summed E-state index contributed by atoms with van der Waals surface area (Å²) in [7, 11) is 1.42. The molecule has 1 heterocycles. The molecule has 1 aromatic heterocycles. The lowest BCUT2D eigenvalue weighted by atomic mass is 10.1. The summed E-state index contributed by atoms with van der Waals surface area (Å²) in [5.74, 6) is -0.191. The van der Waals surface area contributed by atoms with Crippen LogP contribution in [0, 0.1) is 0 Å². The molecule has 2 rings (SSSR count). The number of benzene rings is 1. The third kappa shape index (κ3) is 6.57. The maximum atomic E-state index is 12.4. The number of methoxy groups -OCH3 is 1. The summed E-state index contributed by atoms with van der Waals surface area (Å²) in [6.07, 6.45) is 3.41. The van der Waals surface area contributed by atoms with E-state index in [9.17, 15) is 13.2 Å². The normalized spacial score (nSPS) is 12.2. The highest BCUT2D eigenvalue weighted by molar-refractivity contribution is 7.89. The van der Waals surface area contributed by atoms with Gasteiger partial charge in [0.1, 0.15) is 6.04 Å². The van der Waals surface area contributed by atoms with Gasteiger partial charge in [-0.25, -0.2) is 13.1 Å². The van der Waals surface area contributed by atoms with E-state index >= 15 is 0 Å². The van der Waals surface area contributed by atoms with Crippen LogP contribution in [-0.4, -0.2) is 51.4 Å². The van der Waals surface area contributed by atoms with Gasteiger partial charge in [0.05, 0.1) is 17.7 Å². The second-order valence-corrected chi connectivity index (χ2v) is 7.69. The van der Waals surface area contributed by atoms with Gasteiger partial charge in [0.25, 0.3) is 0 Å². The number of ether oxygens (including phenoxy) is 1. The highest BCUT2D eigenvalue weighted by atomic mass is 35.5. The minimum absolute atomic E-state index is 0. The van der Waals surface area contributed by atoms with Crippen LogP contribution >= 0.6 is 12.4 Å². The number of sulfonamides is 1. The van der Waals surface area contributed by atoms with Crippen LogP contribution in [0.1, 0.15) is 17.2 Å². The monoisotopic (exact) mass is 431 g/mol. The molecule has 1 amide bonds. The molecule has 0 aliphatic heterocycles. The van der Waals surface area contributed by atoms with Crippen LogP contribution < -0.4 is 15.4 Å². The Hall–Kier alpha value is -1.98. The van der Waals surface area contributed by atoms with Crippen molar-refractivity contribution in [3.8, 4) is 0 Å². The fourth-order valence-corrected chi connectivity index (χ4v) is 3.49. The molecule has 9 nitrogen and oxygen atoms in total. The Bertz CT molecular complexity index is 855. The van der Waals surface area contributed by atoms with Crippen LogP contribution in [0.5, 0.6) is 0 Å². The van der Waals surface area contributed by atoms with Gasteiger partial charge < -0.3 is 15.4 Å². The van der Waals surface area contributed by atoms with Crippen LogP contribution in [0.2, 0.25) is 0 Å². The standard InChI is InChI=1S/C17H25N5O4S.ClH/c1-18-16(14-11-20-22(2)12-14)17(23)19-10-13-4-6-15(7-5-13)27(24,25)21-8-9-26-3;/h4-7,11-12,16,18,21H,8-10H2,1-3H3,(H,19,23);1H. The molecule has 2 aromatic rings. The van der Waals surface area contributed by atoms with Crippen molar-refractivity contribution in [3.05, 3.63) is 47.8 Å². The van der Waals surface area contributed by atoms with E-state index in [1.165, 1.54) is 19.2 Å². The lowest BCUT2D eigenvalue weighted by molar-refractivity contribution is -0.123. The number of nitrogens with zero attached hydrogens (tertiary/aromatic N) is 2. The number of hydrogen-bond acceptors (Lipinski definition) is 6. The highest BCUT2D eigenvalue weighted by Gasteiger charge is 2.20. The summed E-state index contributed by atoms with van der Waals surface area (Å²) in [5, 5.41) is 9.87. The van der Waals surface area contributed by atoms with E-state index in [4.69, 9.17) is 4.74 Å². The van der Waals surface area contributed by atoms with Gasteiger partial charge in [0.15, 0.2) is 0 Å². The summed E-state index contributed by atoms with van der Waals surface area (Å²) in [6.45, 7) is 0.790. The molecule has 28 heavy (non-hydrogen) atoms. The minimum Gasteiger partial charge on any atom is -0.383 e. The summed E-state index contributed by atoms with van der Waals surface area (Å²) in [5.41, 5.74) is 1.56. The summed E-state index contributed by atoms with van der Waals surface area (Å²) >= 11 is 0. The molecule has 1 unspecified atom stereocenters. The highest BCUT2D eigenvalue weighted by Crippen LogP contribution is 2.13. The fourth-order valence-electron chi connectivity index (χ4n) is 2.48. The number of aryl methyl sites for hydroxylation is 1. The summed E-state index contributed by atoms with van der Waals surface area (Å²) < 4.78 is 33.2. The van der Waals surface area contributed by atoms with E-state index in [2.05, 4.69) is 20.5 Å². The molecule has 0 spiro atoms. The zero-order valence-corrected chi connectivity index (χ0v) is 17.6. The molecule has 156 valence electrons. The van der Waals surface area contributed by atoms with Crippen LogP contribution in [0.15, 0.2) is 41.6 Å². The second kappa shape index (κ2) is 11.1. The van der Waals surface area contributed by atoms with Gasteiger partial charge in [-0.1, -0.05) is 12.1 Å². The van der Waals surface area contributed by atoms with Crippen molar-refractivity contribution in [1.29, 1.82) is 0 Å². The Kier molecular flexibility index (Phi) is 9.56. The van der Waals surface area contributed by atoms with Gasteiger partial charge in [0.2, 0.25) is 15.9 Å². The zero-order chi connectivity index (χ0) is 19.9. The third-order valence-corrected chi connectivity index (χ3v) is 5.38. The molecule has 0 fully saturated rings. The van der Waals surface area contributed by atoms with Crippen molar-refractivity contribution in [2.45, 2.75) is 17.5 Å². The maximum absolute atomic E-state index is 12.4. The molecular weight excluding hydrogens is 406 g/mol. The van der Waals surface area contributed by atoms with Crippen molar-refractivity contribution >= 4 is 28.3 Å². The molecule has 0 radical (unpaired) electrons. The van der Waals surface area contributed by atoms with Crippen LogP contribution in [0.4, 0.5) is 0 Å². The lowest BCUT2D eigenvalue weighted by Gasteiger charge is -2.14. The fraction of sp³-hybridized carbons (Fsp3) is 0.412. The molecular formula is C17H26ClN5O4S. The Morgan fingerprint density at radius 3 is 2.50 bits per heavy atom. The number of rotatable bonds is 10. The quantitative estimate of drug-likeness (QED) is 0.467. The molecule has 0 saturated carbocycles. The van der Waals surface area contributed by atoms with Crippen molar-refractivity contribution in [2.24, 2.45) is 7.05 Å². The molecule has 3 N–H and O–H groups in total. The number of nitrogens with one attached hydrogen (secondary N) is 3. The van der Waals surface area contributed by atoms with Gasteiger partial charge in [0, 0.05) is 39.0 Å². The molecule has 0 saturated heterocycles. The van der Waals surface area contributed by atoms with Crippen molar-refractivity contribution in [2.75, 3.05) is 27.3 Å². The second-order valence-electron chi connectivity index (χ2n) is 5.92. The average molecular weight is 432 g/mol. The first kappa shape index (κ1) is 24.1. The average Bonchev–Trinajstić information content (AvgIpc) is 3.07. The lowest BCUT2D eigenvalue weighted by Crippen LogP contribution is -2.35. The molecule has 1 atom stereocenters. The Balaban J connectivity index is 0.00000392. The van der Waals surface area contributed by atoms with Gasteiger partial charge >= 0.3 is 0 Å². The Morgan fingerprint density at radius 2 is 1.96 bits per heavy atom. The number of hydrogen-bond donors (Lipinski definition) is 3. The number of halogens is 1. The summed E-state index contributed by atoms with van der Waals surface area (Å²) in [6, 6.07) is 5.84. The molecule has 11 heteroatoms.